The number of hydrogen-bond donors (Lipinski definition) is 3. The molecule has 0 atom stereocenters. The Morgan fingerprint density at radius 1 is 1.24 bits per heavy atom. The van der Waals surface area contributed by atoms with Crippen LogP contribution >= 0.6 is 11.6 Å². The van der Waals surface area contributed by atoms with Crippen LogP contribution < -0.4 is 16.4 Å². The van der Waals surface area contributed by atoms with E-state index in [-0.39, 0.29) is 16.6 Å². The molecule has 7 heteroatoms. The van der Waals surface area contributed by atoms with Gasteiger partial charge in [-0.25, -0.2) is 8.78 Å². The summed E-state index contributed by atoms with van der Waals surface area (Å²) in [5.74, 6) is -1.95. The highest BCUT2D eigenvalue weighted by atomic mass is 35.5. The largest absolute Gasteiger partial charge is 0.397 e. The van der Waals surface area contributed by atoms with Gasteiger partial charge < -0.3 is 16.4 Å². The predicted octanol–water partition coefficient (Wildman–Crippen LogP) is 3.30. The highest BCUT2D eigenvalue weighted by molar-refractivity contribution is 6.33. The van der Waals surface area contributed by atoms with E-state index in [1.54, 1.807) is 0 Å². The average molecular weight is 312 g/mol. The molecular weight excluding hydrogens is 300 g/mol. The number of halogens is 3. The first-order chi connectivity index (χ1) is 9.92. The molecule has 110 valence electrons. The fourth-order valence-corrected chi connectivity index (χ4v) is 1.99. The van der Waals surface area contributed by atoms with Crippen LogP contribution in [0, 0.1) is 11.6 Å². The van der Waals surface area contributed by atoms with Crippen molar-refractivity contribution in [2.45, 2.75) is 0 Å². The summed E-state index contributed by atoms with van der Waals surface area (Å²) in [4.78, 5) is 11.6. The number of carbonyl (C=O) groups excluding carboxylic acids is 1. The zero-order chi connectivity index (χ0) is 15.6. The van der Waals surface area contributed by atoms with E-state index in [1.165, 1.54) is 25.2 Å². The Hall–Kier alpha value is -2.34. The van der Waals surface area contributed by atoms with Gasteiger partial charge in [0.2, 0.25) is 0 Å². The van der Waals surface area contributed by atoms with E-state index >= 15 is 0 Å². The molecule has 0 bridgehead atoms. The third-order valence-electron chi connectivity index (χ3n) is 2.81. The SMILES string of the molecule is CNC(=O)c1ccc(N)c(Nc2c(F)cc(F)cc2Cl)c1. The van der Waals surface area contributed by atoms with Gasteiger partial charge in [-0.15, -0.1) is 0 Å². The van der Waals surface area contributed by atoms with Gasteiger partial charge in [0.1, 0.15) is 5.82 Å². The quantitative estimate of drug-likeness (QED) is 0.762. The van der Waals surface area contributed by atoms with Crippen LogP contribution in [0.4, 0.5) is 25.8 Å². The maximum absolute atomic E-state index is 13.7. The van der Waals surface area contributed by atoms with Crippen molar-refractivity contribution in [3.05, 3.63) is 52.6 Å². The zero-order valence-corrected chi connectivity index (χ0v) is 11.8. The molecule has 0 spiro atoms. The molecule has 0 aliphatic rings. The van der Waals surface area contributed by atoms with Crippen LogP contribution in [0.25, 0.3) is 0 Å². The van der Waals surface area contributed by atoms with Gasteiger partial charge in [0.25, 0.3) is 5.91 Å². The Labute approximate surface area is 124 Å². The molecule has 2 aromatic rings. The van der Waals surface area contributed by atoms with E-state index in [4.69, 9.17) is 17.3 Å². The maximum Gasteiger partial charge on any atom is 0.251 e. The Balaban J connectivity index is 2.42. The predicted molar refractivity (Wildman–Crippen MR) is 78.9 cm³/mol. The van der Waals surface area contributed by atoms with Gasteiger partial charge in [-0.3, -0.25) is 4.79 Å². The lowest BCUT2D eigenvalue weighted by molar-refractivity contribution is 0.0963. The normalized spacial score (nSPS) is 10.3. The van der Waals surface area contributed by atoms with Gasteiger partial charge in [-0.05, 0) is 24.3 Å². The number of nitrogens with two attached hydrogens (primary N) is 1. The third kappa shape index (κ3) is 3.22. The van der Waals surface area contributed by atoms with Gasteiger partial charge in [0.05, 0.1) is 22.1 Å². The van der Waals surface area contributed by atoms with Crippen molar-refractivity contribution >= 4 is 34.6 Å². The first-order valence-corrected chi connectivity index (χ1v) is 6.33. The molecule has 0 radical (unpaired) electrons. The van der Waals surface area contributed by atoms with E-state index < -0.39 is 11.6 Å². The minimum Gasteiger partial charge on any atom is -0.397 e. The van der Waals surface area contributed by atoms with Crippen LogP contribution in [0.3, 0.4) is 0 Å². The number of carbonyl (C=O) groups is 1. The lowest BCUT2D eigenvalue weighted by atomic mass is 10.1. The van der Waals surface area contributed by atoms with E-state index in [0.29, 0.717) is 23.0 Å². The number of nitrogens with one attached hydrogen (secondary N) is 2. The van der Waals surface area contributed by atoms with Crippen LogP contribution in [0.15, 0.2) is 30.3 Å². The average Bonchev–Trinajstić information content (AvgIpc) is 2.43. The molecule has 0 heterocycles. The minimum atomic E-state index is -0.857. The molecule has 0 unspecified atom stereocenters. The van der Waals surface area contributed by atoms with Crippen molar-refractivity contribution in [1.82, 2.24) is 5.32 Å². The molecule has 2 rings (SSSR count). The third-order valence-corrected chi connectivity index (χ3v) is 3.11. The first kappa shape index (κ1) is 15.1. The molecule has 2 aromatic carbocycles. The van der Waals surface area contributed by atoms with Gasteiger partial charge >= 0.3 is 0 Å². The molecule has 1 amide bonds. The molecule has 4 N–H and O–H groups in total. The topological polar surface area (TPSA) is 67.2 Å². The molecule has 0 saturated carbocycles. The molecule has 4 nitrogen and oxygen atoms in total. The fraction of sp³-hybridized carbons (Fsp3) is 0.0714. The number of anilines is 3. The van der Waals surface area contributed by atoms with Crippen LogP contribution in [0.2, 0.25) is 5.02 Å². The second kappa shape index (κ2) is 5.97. The summed E-state index contributed by atoms with van der Waals surface area (Å²) in [6, 6.07) is 6.16. The number of nitrogen functional groups attached to an aromatic ring is 1. The van der Waals surface area contributed by atoms with E-state index in [1.807, 2.05) is 0 Å². The van der Waals surface area contributed by atoms with Gasteiger partial charge in [0, 0.05) is 18.7 Å². The summed E-state index contributed by atoms with van der Waals surface area (Å²) >= 11 is 5.80. The zero-order valence-electron chi connectivity index (χ0n) is 11.0. The van der Waals surface area contributed by atoms with Crippen molar-refractivity contribution in [3.8, 4) is 0 Å². The van der Waals surface area contributed by atoms with Crippen molar-refractivity contribution in [2.75, 3.05) is 18.1 Å². The van der Waals surface area contributed by atoms with E-state index in [2.05, 4.69) is 10.6 Å². The number of hydrogen-bond acceptors (Lipinski definition) is 3. The second-order valence-corrected chi connectivity index (χ2v) is 4.66. The van der Waals surface area contributed by atoms with Crippen molar-refractivity contribution in [2.24, 2.45) is 0 Å². The molecule has 0 fully saturated rings. The molecule has 0 saturated heterocycles. The van der Waals surface area contributed by atoms with E-state index in [9.17, 15) is 13.6 Å². The number of benzene rings is 2. The molecule has 21 heavy (non-hydrogen) atoms. The molecule has 0 aliphatic heterocycles. The van der Waals surface area contributed by atoms with Crippen LogP contribution in [0.1, 0.15) is 10.4 Å². The Morgan fingerprint density at radius 2 is 1.95 bits per heavy atom. The Kier molecular flexibility index (Phi) is 4.28. The maximum atomic E-state index is 13.7. The summed E-state index contributed by atoms with van der Waals surface area (Å²) in [7, 11) is 1.49. The first-order valence-electron chi connectivity index (χ1n) is 5.95. The Morgan fingerprint density at radius 3 is 2.57 bits per heavy atom. The molecule has 0 aliphatic carbocycles. The van der Waals surface area contributed by atoms with Crippen LogP contribution in [-0.2, 0) is 0 Å². The summed E-state index contributed by atoms with van der Waals surface area (Å²) in [6.45, 7) is 0. The second-order valence-electron chi connectivity index (χ2n) is 4.25. The molecular formula is C14H12ClF2N3O. The standard InChI is InChI=1S/C14H12ClF2N3O/c1-19-14(21)7-2-3-11(18)12(4-7)20-13-9(15)5-8(16)6-10(13)17/h2-6,20H,18H2,1H3,(H,19,21). The monoisotopic (exact) mass is 311 g/mol. The summed E-state index contributed by atoms with van der Waals surface area (Å²) < 4.78 is 26.8. The highest BCUT2D eigenvalue weighted by Gasteiger charge is 2.13. The smallest absolute Gasteiger partial charge is 0.251 e. The number of amides is 1. The van der Waals surface area contributed by atoms with Crippen LogP contribution in [-0.4, -0.2) is 13.0 Å². The highest BCUT2D eigenvalue weighted by Crippen LogP contribution is 2.32. The van der Waals surface area contributed by atoms with Crippen molar-refractivity contribution < 1.29 is 13.6 Å². The van der Waals surface area contributed by atoms with E-state index in [0.717, 1.165) is 6.07 Å². The Bertz CT molecular complexity index is 684. The lowest BCUT2D eigenvalue weighted by Crippen LogP contribution is -2.18. The van der Waals surface area contributed by atoms with Crippen molar-refractivity contribution in [1.29, 1.82) is 0 Å². The lowest BCUT2D eigenvalue weighted by Gasteiger charge is -2.13. The minimum absolute atomic E-state index is 0.112. The van der Waals surface area contributed by atoms with Crippen molar-refractivity contribution in [3.63, 3.8) is 0 Å². The fourth-order valence-electron chi connectivity index (χ4n) is 1.75. The summed E-state index contributed by atoms with van der Waals surface area (Å²) in [5, 5.41) is 5.01. The van der Waals surface area contributed by atoms with Gasteiger partial charge in [-0.2, -0.15) is 0 Å². The summed E-state index contributed by atoms with van der Waals surface area (Å²) in [5.41, 5.74) is 6.59. The number of rotatable bonds is 3. The van der Waals surface area contributed by atoms with Gasteiger partial charge in [0.15, 0.2) is 5.82 Å². The van der Waals surface area contributed by atoms with Crippen LogP contribution in [0.5, 0.6) is 0 Å². The van der Waals surface area contributed by atoms with Gasteiger partial charge in [-0.1, -0.05) is 11.6 Å². The molecule has 0 aromatic heterocycles. The summed E-state index contributed by atoms with van der Waals surface area (Å²) in [6.07, 6.45) is 0.